The van der Waals surface area contributed by atoms with Crippen LogP contribution in [0.3, 0.4) is 0 Å². The van der Waals surface area contributed by atoms with Gasteiger partial charge in [-0.05, 0) is 107 Å². The molecule has 0 radical (unpaired) electrons. The van der Waals surface area contributed by atoms with Gasteiger partial charge in [-0.15, -0.1) is 11.3 Å². The minimum absolute atomic E-state index is 0.551. The number of thiophene rings is 1. The van der Waals surface area contributed by atoms with Gasteiger partial charge in [-0.1, -0.05) is 133 Å². The predicted octanol–water partition coefficient (Wildman–Crippen LogP) is 15.5. The fraction of sp³-hybridized carbons (Fsp3) is 0.0182. The van der Waals surface area contributed by atoms with Crippen molar-refractivity contribution < 1.29 is 4.74 Å². The molecule has 12 rings (SSSR count). The van der Waals surface area contributed by atoms with Crippen molar-refractivity contribution in [3.8, 4) is 22.6 Å². The monoisotopic (exact) mass is 772 g/mol. The maximum atomic E-state index is 6.64. The lowest BCUT2D eigenvalue weighted by atomic mass is 9.66. The fourth-order valence-electron chi connectivity index (χ4n) is 9.71. The van der Waals surface area contributed by atoms with Crippen LogP contribution in [-0.2, 0) is 5.41 Å². The lowest BCUT2D eigenvalue weighted by Gasteiger charge is -2.39. The highest BCUT2D eigenvalue weighted by atomic mass is 32.1. The number of nitrogens with zero attached hydrogens (tertiary/aromatic N) is 2. The number of anilines is 6. The SMILES string of the molecule is c1ccc(N(c2ccc3c(c2)C2(c4ccccc4Oc4ccccc42)c2ccccc2-3)c2ccc3c(c2)sc2cccc(N(c4ccccc4)c4ccccc4)c23)cc1. The molecule has 0 bridgehead atoms. The summed E-state index contributed by atoms with van der Waals surface area (Å²) in [5.74, 6) is 1.79. The van der Waals surface area contributed by atoms with Gasteiger partial charge in [0, 0.05) is 59.7 Å². The van der Waals surface area contributed by atoms with Crippen molar-refractivity contribution in [1.82, 2.24) is 0 Å². The molecule has 4 heteroatoms. The molecule has 1 spiro atoms. The number of para-hydroxylation sites is 5. The Kier molecular flexibility index (Phi) is 7.62. The molecule has 10 aromatic rings. The molecule has 9 aromatic carbocycles. The van der Waals surface area contributed by atoms with Crippen LogP contribution in [0.2, 0.25) is 0 Å². The van der Waals surface area contributed by atoms with E-state index < -0.39 is 5.41 Å². The average Bonchev–Trinajstić information content (AvgIpc) is 3.82. The summed E-state index contributed by atoms with van der Waals surface area (Å²) in [6.07, 6.45) is 0. The number of benzene rings is 9. The van der Waals surface area contributed by atoms with Crippen molar-refractivity contribution in [2.24, 2.45) is 0 Å². The van der Waals surface area contributed by atoms with Crippen LogP contribution in [0.25, 0.3) is 31.3 Å². The number of hydrogen-bond donors (Lipinski definition) is 0. The quantitative estimate of drug-likeness (QED) is 0.167. The van der Waals surface area contributed by atoms with Crippen molar-refractivity contribution in [3.05, 3.63) is 241 Å². The molecule has 0 atom stereocenters. The Morgan fingerprint density at radius 3 is 1.54 bits per heavy atom. The molecule has 59 heavy (non-hydrogen) atoms. The van der Waals surface area contributed by atoms with Gasteiger partial charge in [0.1, 0.15) is 11.5 Å². The first-order valence-corrected chi connectivity index (χ1v) is 20.9. The zero-order valence-corrected chi connectivity index (χ0v) is 32.8. The summed E-state index contributed by atoms with van der Waals surface area (Å²) in [6.45, 7) is 0. The highest BCUT2D eigenvalue weighted by Crippen LogP contribution is 2.62. The molecular formula is C55H36N2OS. The Hall–Kier alpha value is -7.40. The van der Waals surface area contributed by atoms with Gasteiger partial charge >= 0.3 is 0 Å². The summed E-state index contributed by atoms with van der Waals surface area (Å²) in [5.41, 5.74) is 13.6. The normalized spacial score (nSPS) is 13.0. The van der Waals surface area contributed by atoms with Gasteiger partial charge < -0.3 is 14.5 Å². The molecule has 1 aliphatic heterocycles. The maximum absolute atomic E-state index is 6.64. The van der Waals surface area contributed by atoms with Gasteiger partial charge in [0.25, 0.3) is 0 Å². The van der Waals surface area contributed by atoms with E-state index in [2.05, 4.69) is 228 Å². The van der Waals surface area contributed by atoms with Crippen molar-refractivity contribution in [1.29, 1.82) is 0 Å². The number of hydrogen-bond acceptors (Lipinski definition) is 4. The van der Waals surface area contributed by atoms with Crippen LogP contribution in [0.1, 0.15) is 22.3 Å². The minimum Gasteiger partial charge on any atom is -0.457 e. The molecule has 2 heterocycles. The summed E-state index contributed by atoms with van der Waals surface area (Å²) in [5, 5.41) is 2.50. The van der Waals surface area contributed by atoms with Gasteiger partial charge in [-0.3, -0.25) is 0 Å². The Bertz CT molecular complexity index is 3130. The van der Waals surface area contributed by atoms with E-state index >= 15 is 0 Å². The fourth-order valence-corrected chi connectivity index (χ4v) is 10.9. The van der Waals surface area contributed by atoms with Crippen LogP contribution in [-0.4, -0.2) is 0 Å². The van der Waals surface area contributed by atoms with Crippen molar-refractivity contribution >= 4 is 65.6 Å². The largest absolute Gasteiger partial charge is 0.457 e. The number of rotatable bonds is 6. The van der Waals surface area contributed by atoms with Crippen LogP contribution >= 0.6 is 11.3 Å². The van der Waals surface area contributed by atoms with E-state index in [0.717, 1.165) is 51.1 Å². The van der Waals surface area contributed by atoms with Crippen molar-refractivity contribution in [2.45, 2.75) is 5.41 Å². The van der Waals surface area contributed by atoms with Crippen molar-refractivity contribution in [3.63, 3.8) is 0 Å². The second-order valence-electron chi connectivity index (χ2n) is 15.2. The molecule has 1 aromatic heterocycles. The molecule has 0 amide bonds. The second kappa shape index (κ2) is 13.3. The number of ether oxygens (including phenoxy) is 1. The molecule has 0 N–H and O–H groups in total. The first-order valence-electron chi connectivity index (χ1n) is 20.1. The first-order chi connectivity index (χ1) is 29.3. The molecule has 1 aliphatic carbocycles. The van der Waals surface area contributed by atoms with Crippen LogP contribution in [0.4, 0.5) is 34.1 Å². The summed E-state index contributed by atoms with van der Waals surface area (Å²) in [7, 11) is 0. The highest BCUT2D eigenvalue weighted by molar-refractivity contribution is 7.26. The van der Waals surface area contributed by atoms with Gasteiger partial charge in [0.05, 0.1) is 11.1 Å². The highest BCUT2D eigenvalue weighted by Gasteiger charge is 2.51. The lowest BCUT2D eigenvalue weighted by Crippen LogP contribution is -2.32. The van der Waals surface area contributed by atoms with Crippen LogP contribution < -0.4 is 14.5 Å². The summed E-state index contributed by atoms with van der Waals surface area (Å²) in [4.78, 5) is 4.79. The Morgan fingerprint density at radius 1 is 0.356 bits per heavy atom. The van der Waals surface area contributed by atoms with E-state index in [4.69, 9.17) is 4.74 Å². The molecule has 0 unspecified atom stereocenters. The summed E-state index contributed by atoms with van der Waals surface area (Å²) in [6, 6.07) is 79.0. The molecule has 3 nitrogen and oxygen atoms in total. The van der Waals surface area contributed by atoms with Crippen LogP contribution in [0, 0.1) is 0 Å². The Balaban J connectivity index is 1.06. The second-order valence-corrected chi connectivity index (χ2v) is 16.3. The molecular weight excluding hydrogens is 737 g/mol. The van der Waals surface area contributed by atoms with Gasteiger partial charge in [0.15, 0.2) is 0 Å². The standard InChI is InChI=1S/C55H36N2OS/c1-4-17-37(18-5-1)56(41-32-34-44-53(36-41)59-52-30-16-27-49(54(44)52)57(38-19-6-2-7-20-38)39-21-8-3-9-22-39)40-31-33-43-42-23-10-11-24-45(42)55(48(43)35-40)46-25-12-14-28-50(46)58-51-29-15-13-26-47(51)55/h1-36H. The Labute approximate surface area is 347 Å². The molecule has 0 fully saturated rings. The smallest absolute Gasteiger partial charge is 0.132 e. The third-order valence-corrected chi connectivity index (χ3v) is 13.2. The van der Waals surface area contributed by atoms with E-state index in [1.165, 1.54) is 48.1 Å². The minimum atomic E-state index is -0.551. The van der Waals surface area contributed by atoms with Crippen LogP contribution in [0.15, 0.2) is 218 Å². The summed E-state index contributed by atoms with van der Waals surface area (Å²) >= 11 is 1.85. The maximum Gasteiger partial charge on any atom is 0.132 e. The lowest BCUT2D eigenvalue weighted by molar-refractivity contribution is 0.436. The third kappa shape index (κ3) is 5.07. The predicted molar refractivity (Wildman–Crippen MR) is 246 cm³/mol. The van der Waals surface area contributed by atoms with E-state index in [1.807, 2.05) is 11.3 Å². The van der Waals surface area contributed by atoms with E-state index in [1.54, 1.807) is 0 Å². The van der Waals surface area contributed by atoms with E-state index in [9.17, 15) is 0 Å². The van der Waals surface area contributed by atoms with Crippen molar-refractivity contribution in [2.75, 3.05) is 9.80 Å². The molecule has 278 valence electrons. The van der Waals surface area contributed by atoms with Gasteiger partial charge in [0.2, 0.25) is 0 Å². The van der Waals surface area contributed by atoms with E-state index in [0.29, 0.717) is 0 Å². The Morgan fingerprint density at radius 2 is 0.881 bits per heavy atom. The zero-order valence-electron chi connectivity index (χ0n) is 32.0. The van der Waals surface area contributed by atoms with Gasteiger partial charge in [-0.2, -0.15) is 0 Å². The topological polar surface area (TPSA) is 15.7 Å². The first kappa shape index (κ1) is 33.7. The van der Waals surface area contributed by atoms with Gasteiger partial charge in [-0.25, -0.2) is 0 Å². The molecule has 0 saturated carbocycles. The summed E-state index contributed by atoms with van der Waals surface area (Å²) < 4.78 is 9.13. The number of fused-ring (bicyclic) bond motifs is 12. The third-order valence-electron chi connectivity index (χ3n) is 12.1. The zero-order chi connectivity index (χ0) is 38.9. The molecule has 0 saturated heterocycles. The van der Waals surface area contributed by atoms with Crippen LogP contribution in [0.5, 0.6) is 11.5 Å². The van der Waals surface area contributed by atoms with E-state index in [-0.39, 0.29) is 0 Å². The average molecular weight is 773 g/mol. The molecule has 2 aliphatic rings.